The van der Waals surface area contributed by atoms with Crippen LogP contribution in [0.25, 0.3) is 11.4 Å². The molecule has 144 valence electrons. The van der Waals surface area contributed by atoms with Crippen LogP contribution in [0.4, 0.5) is 5.69 Å². The molecule has 0 bridgehead atoms. The van der Waals surface area contributed by atoms with Gasteiger partial charge in [0, 0.05) is 11.3 Å². The molecule has 0 spiro atoms. The lowest BCUT2D eigenvalue weighted by atomic mass is 10.1. The van der Waals surface area contributed by atoms with Gasteiger partial charge in [-0.05, 0) is 50.3 Å². The predicted molar refractivity (Wildman–Crippen MR) is 109 cm³/mol. The number of H-pyrrole nitrogens is 1. The topological polar surface area (TPSA) is 89.0 Å². The van der Waals surface area contributed by atoms with Crippen LogP contribution in [0.1, 0.15) is 22.8 Å². The van der Waals surface area contributed by atoms with Crippen LogP contribution in [0.15, 0.2) is 48.5 Å². The van der Waals surface area contributed by atoms with Gasteiger partial charge in [-0.25, -0.2) is 4.79 Å². The van der Waals surface area contributed by atoms with Crippen LogP contribution in [0.5, 0.6) is 0 Å². The fourth-order valence-corrected chi connectivity index (χ4v) is 2.95. The first-order valence-corrected chi connectivity index (χ1v) is 9.18. The van der Waals surface area contributed by atoms with Gasteiger partial charge in [-0.15, -0.1) is 0 Å². The highest BCUT2D eigenvalue weighted by Crippen LogP contribution is 2.19. The lowest BCUT2D eigenvalue weighted by molar-refractivity contribution is -0.116. The molecule has 2 N–H and O–H groups in total. The summed E-state index contributed by atoms with van der Waals surface area (Å²) < 4.78 is 6.97. The molecule has 1 amide bonds. The number of hydrogen-bond donors (Lipinski definition) is 2. The molecule has 0 atom stereocenters. The molecule has 0 saturated carbocycles. The van der Waals surface area contributed by atoms with Gasteiger partial charge in [0.25, 0.3) is 0 Å². The number of carbonyl (C=O) groups excluding carboxylic acids is 2. The maximum atomic E-state index is 12.6. The Balaban J connectivity index is 1.78. The number of hydrogen-bond acceptors (Lipinski definition) is 5. The minimum absolute atomic E-state index is 0.0117. The molecule has 1 aromatic heterocycles. The van der Waals surface area contributed by atoms with Crippen molar-refractivity contribution in [2.75, 3.05) is 11.9 Å². The largest absolute Gasteiger partial charge is 0.462 e. The third-order valence-electron chi connectivity index (χ3n) is 3.99. The Morgan fingerprint density at radius 2 is 2.00 bits per heavy atom. The van der Waals surface area contributed by atoms with Crippen molar-refractivity contribution in [3.63, 3.8) is 0 Å². The second-order valence-electron chi connectivity index (χ2n) is 6.16. The van der Waals surface area contributed by atoms with E-state index < -0.39 is 5.97 Å². The molecule has 2 aromatic carbocycles. The molecule has 0 aliphatic carbocycles. The Kier molecular flexibility index (Phi) is 6.00. The minimum Gasteiger partial charge on any atom is -0.462 e. The summed E-state index contributed by atoms with van der Waals surface area (Å²) in [5.74, 6) is -0.131. The number of benzene rings is 2. The number of anilines is 1. The summed E-state index contributed by atoms with van der Waals surface area (Å²) in [4.78, 5) is 24.4. The Bertz CT molecular complexity index is 1070. The van der Waals surface area contributed by atoms with Crippen molar-refractivity contribution in [1.82, 2.24) is 14.8 Å². The van der Waals surface area contributed by atoms with Gasteiger partial charge in [0.05, 0.1) is 12.2 Å². The van der Waals surface area contributed by atoms with Crippen LogP contribution >= 0.6 is 12.2 Å². The van der Waals surface area contributed by atoms with Crippen molar-refractivity contribution in [3.05, 3.63) is 64.4 Å². The number of rotatable bonds is 6. The zero-order valence-electron chi connectivity index (χ0n) is 15.6. The summed E-state index contributed by atoms with van der Waals surface area (Å²) in [7, 11) is 0. The number of amides is 1. The molecule has 28 heavy (non-hydrogen) atoms. The van der Waals surface area contributed by atoms with Crippen molar-refractivity contribution >= 4 is 29.8 Å². The number of aromatic amines is 1. The molecular weight excluding hydrogens is 376 g/mol. The number of carbonyl (C=O) groups is 2. The average Bonchev–Trinajstić information content (AvgIpc) is 3.02. The molecule has 7 nitrogen and oxygen atoms in total. The summed E-state index contributed by atoms with van der Waals surface area (Å²) in [5, 5.41) is 9.77. The maximum Gasteiger partial charge on any atom is 0.338 e. The standard InChI is InChI=1S/C20H20N4O3S/c1-3-27-19(26)15-8-5-9-16(11-15)21-17(25)12-24-18(22-23-20(24)28)14-7-4-6-13(2)10-14/h4-11H,3,12H2,1-2H3,(H,21,25)(H,23,28). The SMILES string of the molecule is CCOC(=O)c1cccc(NC(=O)Cn2c(-c3cccc(C)c3)n[nH]c2=S)c1. The first-order chi connectivity index (χ1) is 13.5. The minimum atomic E-state index is -0.433. The summed E-state index contributed by atoms with van der Waals surface area (Å²) in [6, 6.07) is 14.4. The lowest BCUT2D eigenvalue weighted by Crippen LogP contribution is -2.19. The van der Waals surface area contributed by atoms with Crippen molar-refractivity contribution in [2.24, 2.45) is 0 Å². The number of nitrogens with zero attached hydrogens (tertiary/aromatic N) is 2. The molecule has 0 saturated heterocycles. The van der Waals surface area contributed by atoms with Gasteiger partial charge in [0.1, 0.15) is 6.54 Å². The summed E-state index contributed by atoms with van der Waals surface area (Å²) in [5.41, 5.74) is 2.82. The Morgan fingerprint density at radius 1 is 1.21 bits per heavy atom. The van der Waals surface area contributed by atoms with E-state index in [0.29, 0.717) is 21.8 Å². The Hall–Kier alpha value is -3.26. The first-order valence-electron chi connectivity index (χ1n) is 8.77. The zero-order chi connectivity index (χ0) is 20.1. The molecular formula is C20H20N4O3S. The van der Waals surface area contributed by atoms with E-state index in [-0.39, 0.29) is 19.1 Å². The molecule has 3 aromatic rings. The quantitative estimate of drug-likeness (QED) is 0.490. The molecule has 0 fully saturated rings. The third kappa shape index (κ3) is 4.52. The molecule has 0 aliphatic heterocycles. The van der Waals surface area contributed by atoms with Crippen LogP contribution in [-0.2, 0) is 16.1 Å². The van der Waals surface area contributed by atoms with Crippen LogP contribution in [0.3, 0.4) is 0 Å². The lowest BCUT2D eigenvalue weighted by Gasteiger charge is -2.10. The molecule has 0 aliphatic rings. The second-order valence-corrected chi connectivity index (χ2v) is 6.54. The summed E-state index contributed by atoms with van der Waals surface area (Å²) in [6.45, 7) is 4.00. The molecule has 8 heteroatoms. The molecule has 1 heterocycles. The fraction of sp³-hybridized carbons (Fsp3) is 0.200. The van der Waals surface area contributed by atoms with Crippen LogP contribution in [-0.4, -0.2) is 33.2 Å². The van der Waals surface area contributed by atoms with Crippen molar-refractivity contribution in [2.45, 2.75) is 20.4 Å². The predicted octanol–water partition coefficient (Wildman–Crippen LogP) is 3.73. The van der Waals surface area contributed by atoms with Crippen molar-refractivity contribution < 1.29 is 14.3 Å². The monoisotopic (exact) mass is 396 g/mol. The van der Waals surface area contributed by atoms with Crippen molar-refractivity contribution in [3.8, 4) is 11.4 Å². The van der Waals surface area contributed by atoms with E-state index in [0.717, 1.165) is 11.1 Å². The van der Waals surface area contributed by atoms with E-state index in [4.69, 9.17) is 17.0 Å². The Morgan fingerprint density at radius 3 is 2.75 bits per heavy atom. The smallest absolute Gasteiger partial charge is 0.338 e. The summed E-state index contributed by atoms with van der Waals surface area (Å²) >= 11 is 5.28. The van der Waals surface area contributed by atoms with Crippen LogP contribution in [0, 0.1) is 11.7 Å². The maximum absolute atomic E-state index is 12.6. The van der Waals surface area contributed by atoms with Gasteiger partial charge in [0.15, 0.2) is 10.6 Å². The van der Waals surface area contributed by atoms with Gasteiger partial charge in [-0.2, -0.15) is 5.10 Å². The number of aromatic nitrogens is 3. The number of esters is 1. The van der Waals surface area contributed by atoms with Crippen LogP contribution < -0.4 is 5.32 Å². The average molecular weight is 396 g/mol. The van der Waals surface area contributed by atoms with E-state index in [1.165, 1.54) is 0 Å². The number of aryl methyl sites for hydroxylation is 1. The van der Waals surface area contributed by atoms with E-state index >= 15 is 0 Å². The highest BCUT2D eigenvalue weighted by molar-refractivity contribution is 7.71. The highest BCUT2D eigenvalue weighted by Gasteiger charge is 2.14. The third-order valence-corrected chi connectivity index (χ3v) is 4.31. The molecule has 0 radical (unpaired) electrons. The van der Waals surface area contributed by atoms with Gasteiger partial charge >= 0.3 is 5.97 Å². The van der Waals surface area contributed by atoms with Gasteiger partial charge in [-0.3, -0.25) is 14.5 Å². The zero-order valence-corrected chi connectivity index (χ0v) is 16.4. The second kappa shape index (κ2) is 8.62. The fourth-order valence-electron chi connectivity index (χ4n) is 2.75. The molecule has 3 rings (SSSR count). The number of nitrogens with one attached hydrogen (secondary N) is 2. The van der Waals surface area contributed by atoms with Crippen LogP contribution in [0.2, 0.25) is 0 Å². The highest BCUT2D eigenvalue weighted by atomic mass is 32.1. The van der Waals surface area contributed by atoms with Crippen molar-refractivity contribution in [1.29, 1.82) is 0 Å². The van der Waals surface area contributed by atoms with Gasteiger partial charge < -0.3 is 10.1 Å². The summed E-state index contributed by atoms with van der Waals surface area (Å²) in [6.07, 6.45) is 0. The number of ether oxygens (including phenoxy) is 1. The van der Waals surface area contributed by atoms with E-state index in [1.54, 1.807) is 35.8 Å². The van der Waals surface area contributed by atoms with E-state index in [1.807, 2.05) is 31.2 Å². The Labute approximate surface area is 167 Å². The molecule has 0 unspecified atom stereocenters. The van der Waals surface area contributed by atoms with E-state index in [2.05, 4.69) is 15.5 Å². The van der Waals surface area contributed by atoms with E-state index in [9.17, 15) is 9.59 Å². The van der Waals surface area contributed by atoms with Gasteiger partial charge in [-0.1, -0.05) is 29.8 Å². The van der Waals surface area contributed by atoms with Gasteiger partial charge in [0.2, 0.25) is 5.91 Å². The first kappa shape index (κ1) is 19.5. The normalized spacial score (nSPS) is 10.5.